The number of carbonyl (C=O) groups excluding carboxylic acids is 2. The van der Waals surface area contributed by atoms with Crippen LogP contribution >= 0.6 is 11.3 Å². The van der Waals surface area contributed by atoms with E-state index in [1.165, 1.54) is 17.6 Å². The fraction of sp³-hybridized carbons (Fsp3) is 0.483. The number of nitrogens with one attached hydrogen (secondary N) is 1. The Kier molecular flexibility index (Phi) is 8.17. The lowest BCUT2D eigenvalue weighted by Crippen LogP contribution is -2.58. The van der Waals surface area contributed by atoms with Crippen molar-refractivity contribution in [3.05, 3.63) is 53.4 Å². The van der Waals surface area contributed by atoms with E-state index in [-0.39, 0.29) is 44.4 Å². The van der Waals surface area contributed by atoms with Gasteiger partial charge in [0.2, 0.25) is 12.1 Å². The SMILES string of the molecule is COc1ccccc1[C@H](CN1C(=O)C2(CCN(S(=O)(=O)O)CC2)C(=O)c2c1sc(-c1[nH+]cco1)c2C)OC1CCOCC1. The lowest BCUT2D eigenvalue weighted by molar-refractivity contribution is -0.368. The van der Waals surface area contributed by atoms with E-state index in [9.17, 15) is 22.6 Å². The van der Waals surface area contributed by atoms with Gasteiger partial charge in [-0.3, -0.25) is 19.0 Å². The zero-order valence-corrected chi connectivity index (χ0v) is 25.5. The first-order chi connectivity index (χ1) is 20.6. The van der Waals surface area contributed by atoms with Crippen LogP contribution in [0.5, 0.6) is 5.75 Å². The van der Waals surface area contributed by atoms with E-state index >= 15 is 0 Å². The van der Waals surface area contributed by atoms with Crippen molar-refractivity contribution in [1.29, 1.82) is 0 Å². The molecule has 1 aromatic carbocycles. The van der Waals surface area contributed by atoms with Gasteiger partial charge < -0.3 is 18.6 Å². The summed E-state index contributed by atoms with van der Waals surface area (Å²) in [7, 11) is -2.88. The minimum Gasteiger partial charge on any atom is -0.496 e. The second-order valence-electron chi connectivity index (χ2n) is 11.0. The largest absolute Gasteiger partial charge is 0.496 e. The summed E-state index contributed by atoms with van der Waals surface area (Å²) in [6.45, 7) is 2.76. The maximum atomic E-state index is 14.6. The minimum absolute atomic E-state index is 0.0575. The van der Waals surface area contributed by atoms with E-state index in [0.717, 1.165) is 9.87 Å². The van der Waals surface area contributed by atoms with Gasteiger partial charge in [0.05, 0.1) is 25.3 Å². The summed E-state index contributed by atoms with van der Waals surface area (Å²) in [4.78, 5) is 34.3. The maximum absolute atomic E-state index is 14.6. The number of anilines is 1. The third-order valence-electron chi connectivity index (χ3n) is 8.63. The summed E-state index contributed by atoms with van der Waals surface area (Å²) < 4.78 is 57.8. The summed E-state index contributed by atoms with van der Waals surface area (Å²) in [6, 6.07) is 7.50. The molecule has 230 valence electrons. The Hall–Kier alpha value is -3.14. The number of ether oxygens (including phenoxy) is 3. The van der Waals surface area contributed by atoms with Crippen LogP contribution in [0.1, 0.15) is 53.3 Å². The number of para-hydroxylation sites is 1. The number of piperidine rings is 1. The number of methoxy groups -OCH3 is 1. The Bertz CT molecular complexity index is 1610. The van der Waals surface area contributed by atoms with Crippen molar-refractivity contribution in [3.63, 3.8) is 0 Å². The molecule has 0 aliphatic carbocycles. The fourth-order valence-electron chi connectivity index (χ4n) is 6.29. The normalized spacial score (nSPS) is 20.4. The molecule has 12 nitrogen and oxygen atoms in total. The molecular formula is C29H34N3O9S2+. The number of ketones is 1. The van der Waals surface area contributed by atoms with Crippen molar-refractivity contribution in [2.24, 2.45) is 5.41 Å². The second kappa shape index (κ2) is 11.7. The smallest absolute Gasteiger partial charge is 0.389 e. The molecule has 0 saturated carbocycles. The number of Topliss-reactive ketones (excluding diaryl/α,β-unsaturated/α-hetero) is 1. The van der Waals surface area contributed by atoms with Crippen LogP contribution in [0.4, 0.5) is 5.00 Å². The quantitative estimate of drug-likeness (QED) is 0.291. The molecule has 3 aliphatic heterocycles. The zero-order chi connectivity index (χ0) is 30.4. The van der Waals surface area contributed by atoms with E-state index in [0.29, 0.717) is 58.7 Å². The van der Waals surface area contributed by atoms with Crippen LogP contribution in [0.3, 0.4) is 0 Å². The first-order valence-corrected chi connectivity index (χ1v) is 16.4. The predicted octanol–water partition coefficient (Wildman–Crippen LogP) is 3.49. The van der Waals surface area contributed by atoms with Gasteiger partial charge in [-0.05, 0) is 44.2 Å². The highest BCUT2D eigenvalue weighted by Crippen LogP contribution is 2.52. The van der Waals surface area contributed by atoms with Gasteiger partial charge in [-0.15, -0.1) is 11.3 Å². The number of carbonyl (C=O) groups is 2. The van der Waals surface area contributed by atoms with Gasteiger partial charge in [0.1, 0.15) is 27.1 Å². The number of benzene rings is 1. The van der Waals surface area contributed by atoms with E-state index in [1.54, 1.807) is 18.2 Å². The average Bonchev–Trinajstić information content (AvgIpc) is 3.66. The van der Waals surface area contributed by atoms with Crippen molar-refractivity contribution in [1.82, 2.24) is 4.31 Å². The van der Waals surface area contributed by atoms with Crippen molar-refractivity contribution in [3.8, 4) is 16.5 Å². The molecule has 3 aliphatic rings. The average molecular weight is 633 g/mol. The molecule has 5 heterocycles. The first-order valence-electron chi connectivity index (χ1n) is 14.2. The molecule has 0 bridgehead atoms. The highest BCUT2D eigenvalue weighted by molar-refractivity contribution is 7.83. The van der Waals surface area contributed by atoms with Crippen LogP contribution in [-0.4, -0.2) is 75.0 Å². The van der Waals surface area contributed by atoms with Gasteiger partial charge in [0, 0.05) is 31.9 Å². The number of aromatic nitrogens is 1. The molecule has 2 saturated heterocycles. The summed E-state index contributed by atoms with van der Waals surface area (Å²) in [5, 5.41) is 0.491. The topological polar surface area (TPSA) is 150 Å². The van der Waals surface area contributed by atoms with Gasteiger partial charge in [-0.1, -0.05) is 18.2 Å². The molecule has 6 rings (SSSR count). The molecule has 0 radical (unpaired) electrons. The van der Waals surface area contributed by atoms with Crippen LogP contribution < -0.4 is 14.6 Å². The van der Waals surface area contributed by atoms with Gasteiger partial charge in [-0.2, -0.15) is 17.7 Å². The standard InChI is InChI=1S/C29H33N3O9S2/c1-18-23-25(33)29(9-12-31(13-10-29)43(35,36)37)28(34)32(27(23)42-24(18)26-30-11-16-40-26)17-22(41-19-7-14-39-15-8-19)20-5-3-4-6-21(20)38-2/h3-6,11,16,19,22H,7-10,12-15,17H2,1-2H3,(H,35,36,37)/p+1/t22-/m0/s1. The van der Waals surface area contributed by atoms with Crippen LogP contribution in [0, 0.1) is 12.3 Å². The van der Waals surface area contributed by atoms with Gasteiger partial charge >= 0.3 is 16.2 Å². The molecular weight excluding hydrogens is 598 g/mol. The lowest BCUT2D eigenvalue weighted by atomic mass is 9.69. The number of thiophene rings is 1. The van der Waals surface area contributed by atoms with Crippen molar-refractivity contribution in [2.75, 3.05) is 44.9 Å². The number of nitrogens with zero attached hydrogens (tertiary/aromatic N) is 2. The van der Waals surface area contributed by atoms with Crippen LogP contribution in [0.15, 0.2) is 41.1 Å². The van der Waals surface area contributed by atoms with Crippen molar-refractivity contribution < 1.29 is 46.2 Å². The number of amides is 1. The van der Waals surface area contributed by atoms with E-state index < -0.39 is 27.7 Å². The molecule has 1 spiro atoms. The Labute approximate surface area is 253 Å². The molecule has 43 heavy (non-hydrogen) atoms. The molecule has 1 amide bonds. The van der Waals surface area contributed by atoms with Gasteiger partial charge in [0.25, 0.3) is 0 Å². The molecule has 14 heteroatoms. The van der Waals surface area contributed by atoms with Crippen LogP contribution in [-0.2, 0) is 24.6 Å². The molecule has 2 N–H and O–H groups in total. The summed E-state index contributed by atoms with van der Waals surface area (Å²) in [6.07, 6.45) is 3.74. The first kappa shape index (κ1) is 29.9. The molecule has 0 unspecified atom stereocenters. The van der Waals surface area contributed by atoms with Crippen molar-refractivity contribution >= 4 is 38.3 Å². The second-order valence-corrected chi connectivity index (χ2v) is 13.4. The van der Waals surface area contributed by atoms with E-state index in [2.05, 4.69) is 4.98 Å². The number of H-pyrrole nitrogens is 1. The molecule has 2 aromatic heterocycles. The van der Waals surface area contributed by atoms with Crippen molar-refractivity contribution in [2.45, 2.75) is 44.8 Å². The molecule has 3 aromatic rings. The van der Waals surface area contributed by atoms with E-state index in [4.69, 9.17) is 18.6 Å². The van der Waals surface area contributed by atoms with Gasteiger partial charge in [0.15, 0.2) is 12.0 Å². The number of fused-ring (bicyclic) bond motifs is 1. The summed E-state index contributed by atoms with van der Waals surface area (Å²) in [5.74, 6) is 0.327. The third-order valence-corrected chi connectivity index (χ3v) is 11.0. The summed E-state index contributed by atoms with van der Waals surface area (Å²) in [5.41, 5.74) is 0.360. The number of hydrogen-bond donors (Lipinski definition) is 1. The Morgan fingerprint density at radius 3 is 2.56 bits per heavy atom. The Balaban J connectivity index is 1.45. The number of aromatic amines is 1. The zero-order valence-electron chi connectivity index (χ0n) is 23.9. The fourth-order valence-corrected chi connectivity index (χ4v) is 8.19. The number of hydrogen-bond acceptors (Lipinski definition) is 9. The molecule has 2 fully saturated rings. The minimum atomic E-state index is -4.46. The van der Waals surface area contributed by atoms with Gasteiger partial charge in [-0.25, -0.2) is 0 Å². The number of oxazole rings is 1. The van der Waals surface area contributed by atoms with Crippen LogP contribution in [0.25, 0.3) is 10.8 Å². The Morgan fingerprint density at radius 2 is 1.91 bits per heavy atom. The number of rotatable bonds is 8. The lowest BCUT2D eigenvalue weighted by Gasteiger charge is -2.44. The van der Waals surface area contributed by atoms with E-state index in [1.807, 2.05) is 31.2 Å². The highest BCUT2D eigenvalue weighted by atomic mass is 32.2. The Morgan fingerprint density at radius 1 is 1.19 bits per heavy atom. The monoisotopic (exact) mass is 632 g/mol. The van der Waals surface area contributed by atoms with Crippen LogP contribution in [0.2, 0.25) is 0 Å². The predicted molar refractivity (Wildman–Crippen MR) is 155 cm³/mol. The molecule has 1 atom stereocenters. The maximum Gasteiger partial charge on any atom is 0.389 e. The third kappa shape index (κ3) is 5.40. The summed E-state index contributed by atoms with van der Waals surface area (Å²) >= 11 is 1.29. The highest BCUT2D eigenvalue weighted by Gasteiger charge is 2.57.